The fraction of sp³-hybridized carbons (Fsp3) is 0.900. The highest BCUT2D eigenvalue weighted by Gasteiger charge is 2.23. The molecule has 96 valence electrons. The van der Waals surface area contributed by atoms with Gasteiger partial charge in [0.05, 0.1) is 0 Å². The van der Waals surface area contributed by atoms with Crippen molar-refractivity contribution in [3.8, 4) is 0 Å². The number of nitrogens with one attached hydrogen (secondary N) is 1. The molecule has 0 rings (SSSR count). The van der Waals surface area contributed by atoms with Crippen molar-refractivity contribution in [2.24, 2.45) is 5.73 Å². The number of carbonyl (C=O) groups is 1. The third-order valence-corrected chi connectivity index (χ3v) is 4.17. The number of amides is 1. The van der Waals surface area contributed by atoms with E-state index in [0.29, 0.717) is 19.7 Å². The Morgan fingerprint density at radius 3 is 2.62 bits per heavy atom. The molecule has 0 aliphatic heterocycles. The second kappa shape index (κ2) is 8.66. The summed E-state index contributed by atoms with van der Waals surface area (Å²) in [6.45, 7) is 4.93. The molecule has 0 saturated heterocycles. The predicted molar refractivity (Wildman–Crippen MR) is 65.6 cm³/mol. The van der Waals surface area contributed by atoms with E-state index >= 15 is 0 Å². The van der Waals surface area contributed by atoms with Crippen LogP contribution in [0.15, 0.2) is 0 Å². The van der Waals surface area contributed by atoms with Crippen LogP contribution in [-0.2, 0) is 20.3 Å². The number of hydrogen-bond acceptors (Lipinski definition) is 4. The minimum absolute atomic E-state index is 0.153. The summed E-state index contributed by atoms with van der Waals surface area (Å²) in [7, 11) is 0.398. The van der Waals surface area contributed by atoms with E-state index in [9.17, 15) is 9.00 Å². The van der Waals surface area contributed by atoms with Gasteiger partial charge < -0.3 is 15.8 Å². The first-order valence-electron chi connectivity index (χ1n) is 5.40. The van der Waals surface area contributed by atoms with E-state index < -0.39 is 16.0 Å². The van der Waals surface area contributed by atoms with E-state index in [4.69, 9.17) is 10.5 Å². The van der Waals surface area contributed by atoms with E-state index in [1.165, 1.54) is 0 Å². The van der Waals surface area contributed by atoms with Gasteiger partial charge in [0.2, 0.25) is 5.91 Å². The topological polar surface area (TPSA) is 81.4 Å². The average molecular weight is 250 g/mol. The molecule has 6 heteroatoms. The first-order valence-corrected chi connectivity index (χ1v) is 6.68. The minimum Gasteiger partial charge on any atom is -0.385 e. The maximum atomic E-state index is 11.7. The number of ether oxygens (including phenoxy) is 1. The highest BCUT2D eigenvalue weighted by Crippen LogP contribution is 2.03. The van der Waals surface area contributed by atoms with Crippen molar-refractivity contribution in [2.45, 2.75) is 30.8 Å². The Morgan fingerprint density at radius 1 is 1.50 bits per heavy atom. The SMILES string of the molecule is COCCCNC(=O)C(C)S(=O)C(C)CN. The van der Waals surface area contributed by atoms with Crippen LogP contribution in [0.4, 0.5) is 0 Å². The molecule has 0 radical (unpaired) electrons. The van der Waals surface area contributed by atoms with Gasteiger partial charge in [0, 0.05) is 42.9 Å². The van der Waals surface area contributed by atoms with Crippen molar-refractivity contribution in [1.82, 2.24) is 5.32 Å². The summed E-state index contributed by atoms with van der Waals surface area (Å²) in [5, 5.41) is 2.06. The van der Waals surface area contributed by atoms with E-state index in [0.717, 1.165) is 6.42 Å². The Bertz CT molecular complexity index is 236. The molecule has 3 N–H and O–H groups in total. The van der Waals surface area contributed by atoms with Gasteiger partial charge in [0.1, 0.15) is 5.25 Å². The molecule has 3 atom stereocenters. The first kappa shape index (κ1) is 15.5. The van der Waals surface area contributed by atoms with Crippen LogP contribution in [0.3, 0.4) is 0 Å². The molecule has 0 saturated carbocycles. The van der Waals surface area contributed by atoms with E-state index in [1.54, 1.807) is 21.0 Å². The fourth-order valence-electron chi connectivity index (χ4n) is 1.12. The van der Waals surface area contributed by atoms with Crippen molar-refractivity contribution >= 4 is 16.7 Å². The van der Waals surface area contributed by atoms with Gasteiger partial charge in [-0.05, 0) is 20.3 Å². The standard InChI is InChI=1S/C10H22N2O3S/c1-8(7-11)16(14)9(2)10(13)12-5-4-6-15-3/h8-9H,4-7,11H2,1-3H3,(H,12,13). The molecule has 0 bridgehead atoms. The van der Waals surface area contributed by atoms with E-state index in [-0.39, 0.29) is 11.2 Å². The van der Waals surface area contributed by atoms with Crippen LogP contribution in [0.5, 0.6) is 0 Å². The third-order valence-electron chi connectivity index (χ3n) is 2.27. The number of methoxy groups -OCH3 is 1. The highest BCUT2D eigenvalue weighted by atomic mass is 32.2. The molecule has 0 fully saturated rings. The van der Waals surface area contributed by atoms with Crippen LogP contribution in [0.1, 0.15) is 20.3 Å². The van der Waals surface area contributed by atoms with Crippen LogP contribution in [-0.4, -0.2) is 47.4 Å². The summed E-state index contributed by atoms with van der Waals surface area (Å²) in [4.78, 5) is 11.6. The Morgan fingerprint density at radius 2 is 2.12 bits per heavy atom. The van der Waals surface area contributed by atoms with Gasteiger partial charge in [-0.3, -0.25) is 9.00 Å². The van der Waals surface area contributed by atoms with Gasteiger partial charge in [-0.2, -0.15) is 0 Å². The lowest BCUT2D eigenvalue weighted by molar-refractivity contribution is -0.120. The fourth-order valence-corrected chi connectivity index (χ4v) is 2.30. The summed E-state index contributed by atoms with van der Waals surface area (Å²) in [6, 6.07) is 0. The molecule has 0 aromatic heterocycles. The van der Waals surface area contributed by atoms with E-state index in [1.807, 2.05) is 0 Å². The molecule has 0 heterocycles. The van der Waals surface area contributed by atoms with Crippen molar-refractivity contribution in [3.63, 3.8) is 0 Å². The lowest BCUT2D eigenvalue weighted by atomic mass is 10.4. The number of nitrogens with two attached hydrogens (primary N) is 1. The summed E-state index contributed by atoms with van der Waals surface area (Å²) < 4.78 is 16.6. The van der Waals surface area contributed by atoms with Gasteiger partial charge in [0.25, 0.3) is 0 Å². The van der Waals surface area contributed by atoms with Crippen molar-refractivity contribution < 1.29 is 13.7 Å². The molecule has 5 nitrogen and oxygen atoms in total. The largest absolute Gasteiger partial charge is 0.385 e. The lowest BCUT2D eigenvalue weighted by Gasteiger charge is -2.15. The van der Waals surface area contributed by atoms with Crippen LogP contribution in [0.25, 0.3) is 0 Å². The normalized spacial score (nSPS) is 16.5. The Kier molecular flexibility index (Phi) is 8.42. The first-order chi connectivity index (χ1) is 7.54. The molecule has 0 aromatic rings. The third kappa shape index (κ3) is 5.58. The van der Waals surface area contributed by atoms with Crippen LogP contribution in [0.2, 0.25) is 0 Å². The predicted octanol–water partition coefficient (Wildman–Crippen LogP) is -0.376. The molecular formula is C10H22N2O3S. The smallest absolute Gasteiger partial charge is 0.235 e. The Balaban J connectivity index is 3.94. The Hall–Kier alpha value is -0.460. The Labute approximate surface area is 99.6 Å². The zero-order valence-corrected chi connectivity index (χ0v) is 11.0. The van der Waals surface area contributed by atoms with Gasteiger partial charge in [0.15, 0.2) is 0 Å². The number of hydrogen-bond donors (Lipinski definition) is 2. The molecule has 16 heavy (non-hydrogen) atoms. The van der Waals surface area contributed by atoms with Crippen molar-refractivity contribution in [1.29, 1.82) is 0 Å². The summed E-state index contributed by atoms with van der Waals surface area (Å²) in [6.07, 6.45) is 0.758. The number of rotatable bonds is 8. The summed E-state index contributed by atoms with van der Waals surface area (Å²) in [5.74, 6) is -0.185. The summed E-state index contributed by atoms with van der Waals surface area (Å²) in [5.41, 5.74) is 5.41. The molecular weight excluding hydrogens is 228 g/mol. The zero-order valence-electron chi connectivity index (χ0n) is 10.2. The molecule has 0 spiro atoms. The second-order valence-electron chi connectivity index (χ2n) is 3.65. The van der Waals surface area contributed by atoms with Crippen molar-refractivity contribution in [3.05, 3.63) is 0 Å². The minimum atomic E-state index is -1.22. The number of carbonyl (C=O) groups excluding carboxylic acids is 1. The summed E-state index contributed by atoms with van der Waals surface area (Å²) >= 11 is 0. The van der Waals surface area contributed by atoms with Crippen LogP contribution < -0.4 is 11.1 Å². The molecule has 1 amide bonds. The van der Waals surface area contributed by atoms with E-state index in [2.05, 4.69) is 5.32 Å². The van der Waals surface area contributed by atoms with Gasteiger partial charge >= 0.3 is 0 Å². The maximum absolute atomic E-state index is 11.7. The molecule has 0 aromatic carbocycles. The quantitative estimate of drug-likeness (QED) is 0.576. The van der Waals surface area contributed by atoms with Crippen molar-refractivity contribution in [2.75, 3.05) is 26.8 Å². The molecule has 0 aliphatic carbocycles. The molecule has 0 aliphatic rings. The maximum Gasteiger partial charge on any atom is 0.235 e. The van der Waals surface area contributed by atoms with Gasteiger partial charge in [-0.15, -0.1) is 0 Å². The van der Waals surface area contributed by atoms with Gasteiger partial charge in [-0.1, -0.05) is 0 Å². The lowest BCUT2D eigenvalue weighted by Crippen LogP contribution is -2.40. The monoisotopic (exact) mass is 250 g/mol. The van der Waals surface area contributed by atoms with Crippen LogP contribution in [0, 0.1) is 0 Å². The molecule has 3 unspecified atom stereocenters. The highest BCUT2D eigenvalue weighted by molar-refractivity contribution is 7.87. The zero-order chi connectivity index (χ0) is 12.6. The average Bonchev–Trinajstić information content (AvgIpc) is 2.31. The van der Waals surface area contributed by atoms with Crippen LogP contribution >= 0.6 is 0 Å². The van der Waals surface area contributed by atoms with Gasteiger partial charge in [-0.25, -0.2) is 0 Å². The second-order valence-corrected chi connectivity index (χ2v) is 5.82.